The first-order valence-electron chi connectivity index (χ1n) is 9.13. The van der Waals surface area contributed by atoms with Crippen molar-refractivity contribution in [3.05, 3.63) is 29.8 Å². The summed E-state index contributed by atoms with van der Waals surface area (Å²) < 4.78 is 0. The Bertz CT molecular complexity index is 624. The van der Waals surface area contributed by atoms with Gasteiger partial charge in [-0.05, 0) is 43.0 Å². The lowest BCUT2D eigenvalue weighted by molar-refractivity contribution is -0.137. The molecule has 5 N–H and O–H groups in total. The first kappa shape index (κ1) is 19.8. The maximum atomic E-state index is 12.5. The first-order chi connectivity index (χ1) is 12.4. The summed E-state index contributed by atoms with van der Waals surface area (Å²) >= 11 is 0. The molecule has 1 unspecified atom stereocenters. The summed E-state index contributed by atoms with van der Waals surface area (Å²) in [6, 6.07) is 5.61. The topological polar surface area (TPSA) is 122 Å². The highest BCUT2D eigenvalue weighted by molar-refractivity contribution is 5.95. The van der Waals surface area contributed by atoms with Gasteiger partial charge < -0.3 is 21.5 Å². The van der Waals surface area contributed by atoms with Crippen LogP contribution in [0.1, 0.15) is 61.7 Å². The van der Waals surface area contributed by atoms with Crippen LogP contribution in [-0.4, -0.2) is 29.1 Å². The molecule has 142 valence electrons. The highest BCUT2D eigenvalue weighted by atomic mass is 16.4. The number of nitrogens with two attached hydrogens (primary N) is 1. The summed E-state index contributed by atoms with van der Waals surface area (Å²) in [5.74, 6) is -0.540. The maximum Gasteiger partial charge on any atom is 0.316 e. The molecule has 1 aliphatic carbocycles. The van der Waals surface area contributed by atoms with Crippen molar-refractivity contribution in [3.63, 3.8) is 0 Å². The second-order valence-corrected chi connectivity index (χ2v) is 6.91. The molecule has 7 nitrogen and oxygen atoms in total. The number of nitrogens with one attached hydrogen (secondary N) is 2. The van der Waals surface area contributed by atoms with Crippen molar-refractivity contribution in [2.24, 2.45) is 11.7 Å². The number of anilines is 1. The number of primary amides is 1. The fraction of sp³-hybridized carbons (Fsp3) is 0.526. The Kier molecular flexibility index (Phi) is 7.44. The number of benzene rings is 1. The van der Waals surface area contributed by atoms with Crippen LogP contribution in [0.15, 0.2) is 24.3 Å². The predicted octanol–water partition coefficient (Wildman–Crippen LogP) is 3.11. The Hall–Kier alpha value is -2.57. The molecule has 7 heteroatoms. The number of aliphatic carboxylic acids is 1. The molecule has 0 saturated heterocycles. The van der Waals surface area contributed by atoms with Gasteiger partial charge in [-0.3, -0.25) is 9.59 Å². The average Bonchev–Trinajstić information content (AvgIpc) is 2.60. The van der Waals surface area contributed by atoms with Gasteiger partial charge in [-0.25, -0.2) is 4.79 Å². The van der Waals surface area contributed by atoms with E-state index in [-0.39, 0.29) is 18.4 Å². The molecular weight excluding hydrogens is 334 g/mol. The van der Waals surface area contributed by atoms with Gasteiger partial charge in [0.15, 0.2) is 0 Å². The lowest BCUT2D eigenvalue weighted by atomic mass is 9.84. The number of carbonyl (C=O) groups is 3. The second kappa shape index (κ2) is 9.79. The first-order valence-corrected chi connectivity index (χ1v) is 9.13. The molecule has 1 atom stereocenters. The van der Waals surface area contributed by atoms with Crippen LogP contribution in [0, 0.1) is 5.92 Å². The fourth-order valence-electron chi connectivity index (χ4n) is 3.49. The van der Waals surface area contributed by atoms with Crippen LogP contribution in [-0.2, 0) is 4.79 Å². The van der Waals surface area contributed by atoms with E-state index in [1.807, 2.05) is 0 Å². The number of rotatable bonds is 8. The summed E-state index contributed by atoms with van der Waals surface area (Å²) in [4.78, 5) is 34.3. The molecule has 1 aromatic rings. The maximum absolute atomic E-state index is 12.5. The Morgan fingerprint density at radius 2 is 1.77 bits per heavy atom. The largest absolute Gasteiger partial charge is 0.481 e. The van der Waals surface area contributed by atoms with Crippen LogP contribution in [0.25, 0.3) is 0 Å². The molecule has 1 aromatic carbocycles. The Morgan fingerprint density at radius 1 is 1.12 bits per heavy atom. The van der Waals surface area contributed by atoms with Crippen molar-refractivity contribution < 1.29 is 19.5 Å². The Balaban J connectivity index is 1.96. The third-order valence-electron chi connectivity index (χ3n) is 4.80. The number of carboxylic acid groups (broad SMARTS) is 1. The zero-order valence-corrected chi connectivity index (χ0v) is 14.9. The molecule has 2 rings (SSSR count). The Labute approximate surface area is 153 Å². The van der Waals surface area contributed by atoms with Crippen molar-refractivity contribution in [1.29, 1.82) is 0 Å². The fourth-order valence-corrected chi connectivity index (χ4v) is 3.49. The van der Waals surface area contributed by atoms with E-state index < -0.39 is 12.0 Å². The summed E-state index contributed by atoms with van der Waals surface area (Å²) in [6.07, 6.45) is 7.25. The van der Waals surface area contributed by atoms with E-state index in [9.17, 15) is 14.4 Å². The molecule has 0 bridgehead atoms. The van der Waals surface area contributed by atoms with Crippen LogP contribution in [0.3, 0.4) is 0 Å². The van der Waals surface area contributed by atoms with Gasteiger partial charge in [0.25, 0.3) is 5.91 Å². The smallest absolute Gasteiger partial charge is 0.316 e. The molecular formula is C19H27N3O4. The monoisotopic (exact) mass is 361 g/mol. The number of hydrogen-bond acceptors (Lipinski definition) is 3. The lowest BCUT2D eigenvalue weighted by Crippen LogP contribution is -2.37. The zero-order valence-electron chi connectivity index (χ0n) is 14.9. The molecule has 0 aliphatic heterocycles. The molecule has 1 fully saturated rings. The third-order valence-corrected chi connectivity index (χ3v) is 4.80. The minimum absolute atomic E-state index is 0.0408. The van der Waals surface area contributed by atoms with Crippen LogP contribution >= 0.6 is 0 Å². The summed E-state index contributed by atoms with van der Waals surface area (Å²) in [7, 11) is 0. The van der Waals surface area contributed by atoms with E-state index in [0.29, 0.717) is 23.6 Å². The summed E-state index contributed by atoms with van der Waals surface area (Å²) in [5, 5.41) is 14.4. The molecule has 1 aliphatic rings. The van der Waals surface area contributed by atoms with E-state index in [1.165, 1.54) is 19.3 Å². The predicted molar refractivity (Wildman–Crippen MR) is 99.0 cm³/mol. The van der Waals surface area contributed by atoms with Crippen molar-refractivity contribution in [3.8, 4) is 0 Å². The van der Waals surface area contributed by atoms with Crippen LogP contribution in [0.4, 0.5) is 10.5 Å². The number of urea groups is 1. The van der Waals surface area contributed by atoms with Crippen molar-refractivity contribution >= 4 is 23.6 Å². The molecule has 0 spiro atoms. The van der Waals surface area contributed by atoms with Gasteiger partial charge >= 0.3 is 12.0 Å². The van der Waals surface area contributed by atoms with E-state index in [0.717, 1.165) is 19.3 Å². The normalized spacial score (nSPS) is 15.8. The van der Waals surface area contributed by atoms with Crippen LogP contribution in [0.5, 0.6) is 0 Å². The molecule has 1 saturated carbocycles. The zero-order chi connectivity index (χ0) is 18.9. The van der Waals surface area contributed by atoms with Gasteiger partial charge in [0.05, 0.1) is 0 Å². The third kappa shape index (κ3) is 6.74. The standard InChI is InChI=1S/C19H27N3O4/c20-19(26)22-15-8-6-14(7-9-15)18(25)21-16(10-11-17(23)24)12-13-4-2-1-3-5-13/h6-9,13,16H,1-5,10-12H2,(H,21,25)(H,23,24)(H3,20,22,26). The van der Waals surface area contributed by atoms with E-state index in [1.54, 1.807) is 24.3 Å². The van der Waals surface area contributed by atoms with Crippen molar-refractivity contribution in [2.45, 2.75) is 57.4 Å². The van der Waals surface area contributed by atoms with Gasteiger partial charge in [0.2, 0.25) is 0 Å². The van der Waals surface area contributed by atoms with E-state index in [4.69, 9.17) is 10.8 Å². The average molecular weight is 361 g/mol. The van der Waals surface area contributed by atoms with Gasteiger partial charge in [-0.2, -0.15) is 0 Å². The summed E-state index contributed by atoms with van der Waals surface area (Å²) in [5.41, 5.74) is 6.03. The van der Waals surface area contributed by atoms with Crippen LogP contribution in [0.2, 0.25) is 0 Å². The second-order valence-electron chi connectivity index (χ2n) is 6.91. The summed E-state index contributed by atoms with van der Waals surface area (Å²) in [6.45, 7) is 0. The number of hydrogen-bond donors (Lipinski definition) is 4. The quantitative estimate of drug-likeness (QED) is 0.568. The van der Waals surface area contributed by atoms with Gasteiger partial charge in [-0.1, -0.05) is 32.1 Å². The molecule has 0 heterocycles. The van der Waals surface area contributed by atoms with Crippen molar-refractivity contribution in [1.82, 2.24) is 5.32 Å². The minimum atomic E-state index is -0.852. The van der Waals surface area contributed by atoms with Gasteiger partial charge in [0, 0.05) is 23.7 Å². The van der Waals surface area contributed by atoms with E-state index in [2.05, 4.69) is 10.6 Å². The molecule has 0 aromatic heterocycles. The molecule has 0 radical (unpaired) electrons. The molecule has 26 heavy (non-hydrogen) atoms. The van der Waals surface area contributed by atoms with Crippen molar-refractivity contribution in [2.75, 3.05) is 5.32 Å². The minimum Gasteiger partial charge on any atom is -0.481 e. The number of carbonyl (C=O) groups excluding carboxylic acids is 2. The highest BCUT2D eigenvalue weighted by Gasteiger charge is 2.21. The van der Waals surface area contributed by atoms with Gasteiger partial charge in [0.1, 0.15) is 0 Å². The van der Waals surface area contributed by atoms with E-state index >= 15 is 0 Å². The van der Waals surface area contributed by atoms with Gasteiger partial charge in [-0.15, -0.1) is 0 Å². The van der Waals surface area contributed by atoms with Crippen LogP contribution < -0.4 is 16.4 Å². The highest BCUT2D eigenvalue weighted by Crippen LogP contribution is 2.28. The lowest BCUT2D eigenvalue weighted by Gasteiger charge is -2.27. The Morgan fingerprint density at radius 3 is 2.35 bits per heavy atom. The SMILES string of the molecule is NC(=O)Nc1ccc(C(=O)NC(CCC(=O)O)CC2CCCCC2)cc1. The molecule has 3 amide bonds. The number of amides is 3. The number of carboxylic acids is 1.